The maximum atomic E-state index is 12.4. The molecule has 0 saturated heterocycles. The molecule has 2 rings (SSSR count). The maximum Gasteiger partial charge on any atom is 0.241 e. The average molecular weight is 317 g/mol. The Bertz CT molecular complexity index is 536. The van der Waals surface area contributed by atoms with E-state index in [4.69, 9.17) is 5.11 Å². The number of hydrogen-bond donors (Lipinski definition) is 2. The zero-order valence-corrected chi connectivity index (χ0v) is 13.6. The number of thiophene rings is 1. The van der Waals surface area contributed by atoms with Crippen molar-refractivity contribution in [3.8, 4) is 0 Å². The monoisotopic (exact) mass is 317 g/mol. The predicted octanol–water partition coefficient (Wildman–Crippen LogP) is 2.73. The lowest BCUT2D eigenvalue weighted by molar-refractivity contribution is 0.226. The van der Waals surface area contributed by atoms with Gasteiger partial charge in [-0.3, -0.25) is 0 Å². The Morgan fingerprint density at radius 1 is 1.40 bits per heavy atom. The Morgan fingerprint density at radius 2 is 2.10 bits per heavy atom. The summed E-state index contributed by atoms with van der Waals surface area (Å²) in [5.74, 6) is 0.896. The smallest absolute Gasteiger partial charge is 0.241 e. The third kappa shape index (κ3) is 3.61. The van der Waals surface area contributed by atoms with E-state index in [-0.39, 0.29) is 17.5 Å². The zero-order chi connectivity index (χ0) is 14.8. The van der Waals surface area contributed by atoms with Crippen LogP contribution in [-0.4, -0.2) is 19.6 Å². The summed E-state index contributed by atoms with van der Waals surface area (Å²) in [5, 5.41) is 10.6. The first-order valence-corrected chi connectivity index (χ1v) is 9.51. The molecule has 2 atom stereocenters. The van der Waals surface area contributed by atoms with Gasteiger partial charge in [0.25, 0.3) is 0 Å². The topological polar surface area (TPSA) is 66.4 Å². The van der Waals surface area contributed by atoms with E-state index in [0.717, 1.165) is 19.3 Å². The van der Waals surface area contributed by atoms with Crippen LogP contribution >= 0.6 is 11.3 Å². The number of aliphatic hydroxyl groups is 1. The number of rotatable bonds is 5. The van der Waals surface area contributed by atoms with Gasteiger partial charge in [-0.1, -0.05) is 26.7 Å². The molecule has 20 heavy (non-hydrogen) atoms. The minimum absolute atomic E-state index is 0.0335. The van der Waals surface area contributed by atoms with Crippen LogP contribution in [0.25, 0.3) is 0 Å². The molecule has 0 radical (unpaired) electrons. The zero-order valence-electron chi connectivity index (χ0n) is 12.0. The van der Waals surface area contributed by atoms with Crippen LogP contribution in [0.5, 0.6) is 0 Å². The highest BCUT2D eigenvalue weighted by Crippen LogP contribution is 2.31. The van der Waals surface area contributed by atoms with E-state index in [9.17, 15) is 8.42 Å². The van der Waals surface area contributed by atoms with Crippen LogP contribution in [0.4, 0.5) is 0 Å². The molecule has 0 bridgehead atoms. The van der Waals surface area contributed by atoms with Gasteiger partial charge in [0.2, 0.25) is 10.0 Å². The lowest BCUT2D eigenvalue weighted by atomic mass is 9.78. The molecular formula is C14H23NO3S2. The molecule has 1 aromatic heterocycles. The van der Waals surface area contributed by atoms with E-state index < -0.39 is 10.0 Å². The standard InChI is InChI=1S/C14H23NO3S2/c1-10(2)13-5-3-4-6-14(13)15-20(17,18)12-7-11(8-16)19-9-12/h7,9-10,13-16H,3-6,8H2,1-2H3. The Balaban J connectivity index is 2.14. The van der Waals surface area contributed by atoms with Crippen LogP contribution < -0.4 is 4.72 Å². The quantitative estimate of drug-likeness (QED) is 0.877. The van der Waals surface area contributed by atoms with Crippen LogP contribution in [0.3, 0.4) is 0 Å². The summed E-state index contributed by atoms with van der Waals surface area (Å²) in [6.07, 6.45) is 4.28. The fourth-order valence-corrected chi connectivity index (χ4v) is 5.41. The number of aliphatic hydroxyl groups excluding tert-OH is 1. The van der Waals surface area contributed by atoms with Crippen molar-refractivity contribution >= 4 is 21.4 Å². The van der Waals surface area contributed by atoms with Crippen LogP contribution in [-0.2, 0) is 16.6 Å². The van der Waals surface area contributed by atoms with Gasteiger partial charge in [-0.05, 0) is 30.7 Å². The second kappa shape index (κ2) is 6.56. The van der Waals surface area contributed by atoms with E-state index in [1.54, 1.807) is 11.4 Å². The molecule has 114 valence electrons. The number of sulfonamides is 1. The molecule has 6 heteroatoms. The molecule has 1 aromatic rings. The third-order valence-electron chi connectivity index (χ3n) is 4.08. The highest BCUT2D eigenvalue weighted by Gasteiger charge is 2.31. The Labute approximate surface area is 125 Å². The fraction of sp³-hybridized carbons (Fsp3) is 0.714. The Morgan fingerprint density at radius 3 is 2.70 bits per heavy atom. The molecule has 1 aliphatic rings. The molecule has 0 spiro atoms. The van der Waals surface area contributed by atoms with Crippen molar-refractivity contribution < 1.29 is 13.5 Å². The Hall–Kier alpha value is -0.430. The lowest BCUT2D eigenvalue weighted by Gasteiger charge is -2.34. The minimum atomic E-state index is -3.47. The molecule has 4 nitrogen and oxygen atoms in total. The molecule has 2 unspecified atom stereocenters. The van der Waals surface area contributed by atoms with Crippen molar-refractivity contribution in [3.05, 3.63) is 16.3 Å². The second-order valence-electron chi connectivity index (χ2n) is 5.83. The fourth-order valence-electron chi connectivity index (χ4n) is 2.96. The highest BCUT2D eigenvalue weighted by molar-refractivity contribution is 7.89. The van der Waals surface area contributed by atoms with Crippen molar-refractivity contribution in [2.75, 3.05) is 0 Å². The summed E-state index contributed by atoms with van der Waals surface area (Å²) in [6, 6.07) is 1.59. The van der Waals surface area contributed by atoms with E-state index in [1.807, 2.05) is 0 Å². The van der Waals surface area contributed by atoms with Gasteiger partial charge >= 0.3 is 0 Å². The van der Waals surface area contributed by atoms with E-state index in [1.165, 1.54) is 17.8 Å². The van der Waals surface area contributed by atoms with Crippen LogP contribution in [0.15, 0.2) is 16.3 Å². The summed E-state index contributed by atoms with van der Waals surface area (Å²) in [4.78, 5) is 0.953. The van der Waals surface area contributed by atoms with Gasteiger partial charge < -0.3 is 5.11 Å². The van der Waals surface area contributed by atoms with Gasteiger partial charge in [0.1, 0.15) is 0 Å². The first-order valence-electron chi connectivity index (χ1n) is 7.14. The number of hydrogen-bond acceptors (Lipinski definition) is 4. The van der Waals surface area contributed by atoms with Gasteiger partial charge in [-0.25, -0.2) is 13.1 Å². The number of nitrogens with one attached hydrogen (secondary N) is 1. The largest absolute Gasteiger partial charge is 0.391 e. The van der Waals surface area contributed by atoms with E-state index in [0.29, 0.717) is 16.7 Å². The summed E-state index contributed by atoms with van der Waals surface area (Å²) < 4.78 is 27.7. The molecule has 2 N–H and O–H groups in total. The summed E-state index contributed by atoms with van der Waals surface area (Å²) in [7, 11) is -3.47. The van der Waals surface area contributed by atoms with Gasteiger partial charge in [-0.2, -0.15) is 0 Å². The SMILES string of the molecule is CC(C)C1CCCCC1NS(=O)(=O)c1csc(CO)c1. The second-order valence-corrected chi connectivity index (χ2v) is 8.54. The highest BCUT2D eigenvalue weighted by atomic mass is 32.2. The van der Waals surface area contributed by atoms with Gasteiger partial charge in [0.05, 0.1) is 11.5 Å². The maximum absolute atomic E-state index is 12.4. The van der Waals surface area contributed by atoms with E-state index >= 15 is 0 Å². The average Bonchev–Trinajstić information content (AvgIpc) is 2.88. The summed E-state index contributed by atoms with van der Waals surface area (Å²) >= 11 is 1.28. The molecule has 1 fully saturated rings. The predicted molar refractivity (Wildman–Crippen MR) is 81.1 cm³/mol. The Kier molecular flexibility index (Phi) is 5.23. The van der Waals surface area contributed by atoms with E-state index in [2.05, 4.69) is 18.6 Å². The van der Waals surface area contributed by atoms with Crippen LogP contribution in [0, 0.1) is 11.8 Å². The molecule has 0 amide bonds. The molecule has 1 heterocycles. The van der Waals surface area contributed by atoms with Crippen molar-refractivity contribution in [2.24, 2.45) is 11.8 Å². The van der Waals surface area contributed by atoms with Crippen LogP contribution in [0.1, 0.15) is 44.4 Å². The third-order valence-corrected chi connectivity index (χ3v) is 6.62. The van der Waals surface area contributed by atoms with Crippen molar-refractivity contribution in [1.82, 2.24) is 4.72 Å². The van der Waals surface area contributed by atoms with Crippen molar-refractivity contribution in [2.45, 2.75) is 57.1 Å². The lowest BCUT2D eigenvalue weighted by Crippen LogP contribution is -2.43. The summed E-state index contributed by atoms with van der Waals surface area (Å²) in [6.45, 7) is 4.20. The molecule has 1 aliphatic carbocycles. The molecule has 0 aliphatic heterocycles. The summed E-state index contributed by atoms with van der Waals surface area (Å²) in [5.41, 5.74) is 0. The molecule has 0 aromatic carbocycles. The van der Waals surface area contributed by atoms with Crippen LogP contribution in [0.2, 0.25) is 0 Å². The van der Waals surface area contributed by atoms with Crippen molar-refractivity contribution in [3.63, 3.8) is 0 Å². The first-order chi connectivity index (χ1) is 9.44. The first kappa shape index (κ1) is 15.9. The van der Waals surface area contributed by atoms with Gasteiger partial charge in [0.15, 0.2) is 0 Å². The minimum Gasteiger partial charge on any atom is -0.391 e. The van der Waals surface area contributed by atoms with Gasteiger partial charge in [0, 0.05) is 16.3 Å². The normalized spacial score (nSPS) is 24.2. The van der Waals surface area contributed by atoms with Crippen molar-refractivity contribution in [1.29, 1.82) is 0 Å². The van der Waals surface area contributed by atoms with Gasteiger partial charge in [-0.15, -0.1) is 11.3 Å². The molecular weight excluding hydrogens is 294 g/mol. The molecule has 1 saturated carbocycles.